The zero-order valence-corrected chi connectivity index (χ0v) is 12.6. The van der Waals surface area contributed by atoms with Crippen molar-refractivity contribution in [1.29, 1.82) is 0 Å². The van der Waals surface area contributed by atoms with Crippen LogP contribution in [0.3, 0.4) is 0 Å². The molecular formula is C12H14BrN3OS. The first kappa shape index (κ1) is 13.3. The summed E-state index contributed by atoms with van der Waals surface area (Å²) in [5.41, 5.74) is 1.95. The molecule has 4 nitrogen and oxygen atoms in total. The molecule has 18 heavy (non-hydrogen) atoms. The van der Waals surface area contributed by atoms with Crippen LogP contribution in [0.1, 0.15) is 18.2 Å². The molecule has 1 aromatic carbocycles. The lowest BCUT2D eigenvalue weighted by Gasteiger charge is -2.09. The largest absolute Gasteiger partial charge is 0.487 e. The quantitative estimate of drug-likeness (QED) is 0.911. The summed E-state index contributed by atoms with van der Waals surface area (Å²) in [5.74, 6) is 0.869. The third-order valence-corrected chi connectivity index (χ3v) is 3.61. The molecule has 0 fully saturated rings. The molecule has 2 aromatic rings. The van der Waals surface area contributed by atoms with Gasteiger partial charge in [0, 0.05) is 22.5 Å². The fourth-order valence-corrected chi connectivity index (χ4v) is 2.63. The average molecular weight is 328 g/mol. The fraction of sp³-hybridized carbons (Fsp3) is 0.333. The number of ether oxygens (including phenoxy) is 1. The zero-order chi connectivity index (χ0) is 13.0. The van der Waals surface area contributed by atoms with Crippen LogP contribution in [0.2, 0.25) is 0 Å². The Hall–Kier alpha value is -1.14. The Labute approximate surface area is 119 Å². The molecule has 1 aromatic heterocycles. The summed E-state index contributed by atoms with van der Waals surface area (Å²) < 4.78 is 10.7. The van der Waals surface area contributed by atoms with Gasteiger partial charge in [0.1, 0.15) is 23.1 Å². The Kier molecular flexibility index (Phi) is 4.54. The molecule has 0 radical (unpaired) electrons. The van der Waals surface area contributed by atoms with E-state index in [1.165, 1.54) is 11.5 Å². The van der Waals surface area contributed by atoms with E-state index in [1.807, 2.05) is 32.0 Å². The van der Waals surface area contributed by atoms with Gasteiger partial charge in [-0.05, 0) is 37.6 Å². The molecular weight excluding hydrogens is 314 g/mol. The van der Waals surface area contributed by atoms with Crippen molar-refractivity contribution in [2.75, 3.05) is 11.9 Å². The summed E-state index contributed by atoms with van der Waals surface area (Å²) in [5, 5.41) is 8.27. The van der Waals surface area contributed by atoms with Crippen molar-refractivity contribution in [3.8, 4) is 5.75 Å². The summed E-state index contributed by atoms with van der Waals surface area (Å²) in [6, 6.07) is 5.94. The maximum Gasteiger partial charge on any atom is 0.136 e. The van der Waals surface area contributed by atoms with E-state index >= 15 is 0 Å². The van der Waals surface area contributed by atoms with E-state index in [0.29, 0.717) is 6.61 Å². The van der Waals surface area contributed by atoms with E-state index < -0.39 is 0 Å². The highest BCUT2D eigenvalue weighted by Crippen LogP contribution is 2.24. The van der Waals surface area contributed by atoms with Gasteiger partial charge < -0.3 is 10.1 Å². The molecule has 2 rings (SSSR count). The van der Waals surface area contributed by atoms with Crippen LogP contribution in [0.4, 0.5) is 5.00 Å². The summed E-state index contributed by atoms with van der Waals surface area (Å²) in [4.78, 5) is 0. The highest BCUT2D eigenvalue weighted by Gasteiger charge is 2.08. The molecule has 1 heterocycles. The molecule has 0 atom stereocenters. The summed E-state index contributed by atoms with van der Waals surface area (Å²) in [6.45, 7) is 5.35. The molecule has 6 heteroatoms. The number of hydrogen-bond donors (Lipinski definition) is 1. The molecule has 0 spiro atoms. The number of nitrogens with zero attached hydrogens (tertiary/aromatic N) is 2. The molecule has 0 saturated carbocycles. The van der Waals surface area contributed by atoms with Gasteiger partial charge in [0.2, 0.25) is 0 Å². The van der Waals surface area contributed by atoms with Crippen molar-refractivity contribution in [3.05, 3.63) is 33.9 Å². The second-order valence-electron chi connectivity index (χ2n) is 3.78. The first-order chi connectivity index (χ1) is 8.70. The van der Waals surface area contributed by atoms with E-state index in [-0.39, 0.29) is 0 Å². The normalized spacial score (nSPS) is 10.4. The minimum atomic E-state index is 0.432. The molecule has 1 N–H and O–H groups in total. The molecule has 0 amide bonds. The molecule has 0 saturated heterocycles. The number of anilines is 1. The number of aromatic nitrogens is 2. The van der Waals surface area contributed by atoms with Gasteiger partial charge in [-0.1, -0.05) is 20.4 Å². The van der Waals surface area contributed by atoms with E-state index in [2.05, 4.69) is 30.8 Å². The maximum absolute atomic E-state index is 5.77. The Morgan fingerprint density at radius 3 is 3.00 bits per heavy atom. The second-order valence-corrected chi connectivity index (χ2v) is 5.45. The lowest BCUT2D eigenvalue weighted by Crippen LogP contribution is -2.02. The Morgan fingerprint density at radius 1 is 1.44 bits per heavy atom. The minimum absolute atomic E-state index is 0.432. The van der Waals surface area contributed by atoms with Crippen LogP contribution in [0.15, 0.2) is 22.7 Å². The molecule has 0 aliphatic heterocycles. The third kappa shape index (κ3) is 3.20. The van der Waals surface area contributed by atoms with Crippen molar-refractivity contribution in [3.63, 3.8) is 0 Å². The van der Waals surface area contributed by atoms with E-state index in [4.69, 9.17) is 4.74 Å². The van der Waals surface area contributed by atoms with E-state index in [1.54, 1.807) is 0 Å². The van der Waals surface area contributed by atoms with Gasteiger partial charge in [-0.3, -0.25) is 0 Å². The van der Waals surface area contributed by atoms with Gasteiger partial charge in [-0.2, -0.15) is 0 Å². The van der Waals surface area contributed by atoms with Crippen LogP contribution in [0.5, 0.6) is 5.75 Å². The third-order valence-electron chi connectivity index (χ3n) is 2.39. The highest BCUT2D eigenvalue weighted by molar-refractivity contribution is 9.10. The van der Waals surface area contributed by atoms with Gasteiger partial charge in [-0.25, -0.2) is 0 Å². The van der Waals surface area contributed by atoms with Gasteiger partial charge in [0.25, 0.3) is 0 Å². The van der Waals surface area contributed by atoms with Gasteiger partial charge in [0.15, 0.2) is 0 Å². The second kappa shape index (κ2) is 6.15. The zero-order valence-electron chi connectivity index (χ0n) is 10.2. The van der Waals surface area contributed by atoms with Gasteiger partial charge >= 0.3 is 0 Å². The van der Waals surface area contributed by atoms with Crippen LogP contribution in [-0.4, -0.2) is 16.1 Å². The molecule has 0 aliphatic rings. The average Bonchev–Trinajstić information content (AvgIpc) is 2.76. The number of benzene rings is 1. The predicted molar refractivity (Wildman–Crippen MR) is 77.3 cm³/mol. The van der Waals surface area contributed by atoms with Crippen molar-refractivity contribution in [2.24, 2.45) is 0 Å². The lowest BCUT2D eigenvalue weighted by molar-refractivity contribution is 0.299. The summed E-state index contributed by atoms with van der Waals surface area (Å²) in [6.07, 6.45) is 0. The van der Waals surface area contributed by atoms with Gasteiger partial charge in [-0.15, -0.1) is 5.10 Å². The minimum Gasteiger partial charge on any atom is -0.487 e. The molecule has 0 aliphatic carbocycles. The van der Waals surface area contributed by atoms with Crippen LogP contribution >= 0.6 is 27.5 Å². The smallest absolute Gasteiger partial charge is 0.136 e. The molecule has 96 valence electrons. The van der Waals surface area contributed by atoms with Crippen molar-refractivity contribution >= 4 is 32.5 Å². The SMILES string of the molecule is CCNc1snnc1COc1ccc(Br)cc1C. The fourth-order valence-electron chi connectivity index (χ4n) is 1.52. The molecule has 0 unspecified atom stereocenters. The van der Waals surface area contributed by atoms with Crippen molar-refractivity contribution in [2.45, 2.75) is 20.5 Å². The van der Waals surface area contributed by atoms with Crippen LogP contribution < -0.4 is 10.1 Å². The monoisotopic (exact) mass is 327 g/mol. The van der Waals surface area contributed by atoms with Gasteiger partial charge in [0.05, 0.1) is 0 Å². The van der Waals surface area contributed by atoms with Crippen LogP contribution in [-0.2, 0) is 6.61 Å². The first-order valence-corrected chi connectivity index (χ1v) is 7.21. The van der Waals surface area contributed by atoms with Crippen molar-refractivity contribution < 1.29 is 4.74 Å². The predicted octanol–water partition coefficient (Wildman–Crippen LogP) is 3.62. The number of halogens is 1. The van der Waals surface area contributed by atoms with E-state index in [9.17, 15) is 0 Å². The number of nitrogens with one attached hydrogen (secondary N) is 1. The maximum atomic E-state index is 5.77. The summed E-state index contributed by atoms with van der Waals surface area (Å²) in [7, 11) is 0. The van der Waals surface area contributed by atoms with Crippen molar-refractivity contribution in [1.82, 2.24) is 9.59 Å². The molecule has 0 bridgehead atoms. The Bertz CT molecular complexity index is 530. The summed E-state index contributed by atoms with van der Waals surface area (Å²) >= 11 is 4.79. The lowest BCUT2D eigenvalue weighted by atomic mass is 10.2. The number of aryl methyl sites for hydroxylation is 1. The standard InChI is InChI=1S/C12H14BrN3OS/c1-3-14-12-10(15-16-18-12)7-17-11-5-4-9(13)6-8(11)2/h4-6,14H,3,7H2,1-2H3. The van der Waals surface area contributed by atoms with E-state index in [0.717, 1.165) is 33.0 Å². The van der Waals surface area contributed by atoms with Crippen LogP contribution in [0.25, 0.3) is 0 Å². The number of rotatable bonds is 5. The highest BCUT2D eigenvalue weighted by atomic mass is 79.9. The Morgan fingerprint density at radius 2 is 2.28 bits per heavy atom. The Balaban J connectivity index is 2.04. The topological polar surface area (TPSA) is 47.0 Å². The number of hydrogen-bond acceptors (Lipinski definition) is 5. The first-order valence-electron chi connectivity index (χ1n) is 5.64. The van der Waals surface area contributed by atoms with Crippen LogP contribution in [0, 0.1) is 6.92 Å².